The van der Waals surface area contributed by atoms with E-state index in [0.717, 1.165) is 12.1 Å². The van der Waals surface area contributed by atoms with Crippen molar-refractivity contribution >= 4 is 12.2 Å². The Morgan fingerprint density at radius 2 is 1.74 bits per heavy atom. The summed E-state index contributed by atoms with van der Waals surface area (Å²) in [4.78, 5) is 19.3. The molecule has 0 spiro atoms. The van der Waals surface area contributed by atoms with Gasteiger partial charge in [0.2, 0.25) is 0 Å². The van der Waals surface area contributed by atoms with Gasteiger partial charge in [-0.3, -0.25) is 4.68 Å². The number of carboxylic acid groups (broad SMARTS) is 3. The molecule has 1 heterocycles. The summed E-state index contributed by atoms with van der Waals surface area (Å²) in [6.45, 7) is 0. The second-order valence-electron chi connectivity index (χ2n) is 7.11. The number of hydrogen-bond acceptors (Lipinski definition) is 4. The van der Waals surface area contributed by atoms with E-state index in [1.165, 1.54) is 12.3 Å². The Kier molecular flexibility index (Phi) is 7.32. The van der Waals surface area contributed by atoms with Crippen molar-refractivity contribution in [2.45, 2.75) is 36.7 Å². The maximum Gasteiger partial charge on any atom is 1.00 e. The Labute approximate surface area is 215 Å². The summed E-state index contributed by atoms with van der Waals surface area (Å²) in [5.74, 6) is -2.02. The smallest absolute Gasteiger partial charge is 1.00 e. The van der Waals surface area contributed by atoms with E-state index in [1.54, 1.807) is 10.9 Å². The Hall–Kier alpha value is -1.87. The molecule has 2 bridgehead atoms. The molecule has 3 saturated carbocycles. The largest absolute Gasteiger partial charge is 1.00 e. The number of hydrogen-bond donors (Lipinski definition) is 4. The van der Waals surface area contributed by atoms with E-state index in [9.17, 15) is 22.4 Å². The summed E-state index contributed by atoms with van der Waals surface area (Å²) in [6, 6.07) is 3.20. The van der Waals surface area contributed by atoms with Crippen LogP contribution in [0, 0.1) is 5.82 Å². The minimum Gasteiger partial charge on any atom is -1.00 e. The van der Waals surface area contributed by atoms with Crippen molar-refractivity contribution in [3.05, 3.63) is 36.4 Å². The van der Waals surface area contributed by atoms with Crippen LogP contribution in [0.5, 0.6) is 5.75 Å². The molecule has 0 radical (unpaired) electrons. The van der Waals surface area contributed by atoms with Crippen molar-refractivity contribution in [3.63, 3.8) is 0 Å². The van der Waals surface area contributed by atoms with Crippen LogP contribution in [-0.4, -0.2) is 49.2 Å². The third kappa shape index (κ3) is 5.68. The molecular formula is C17H16F4KN3O6. The molecule has 2 aromatic rings. The molecule has 31 heavy (non-hydrogen) atoms. The van der Waals surface area contributed by atoms with Crippen LogP contribution in [0.15, 0.2) is 30.6 Å². The van der Waals surface area contributed by atoms with E-state index in [2.05, 4.69) is 15.2 Å². The van der Waals surface area contributed by atoms with E-state index in [-0.39, 0.29) is 63.9 Å². The molecule has 3 aliphatic carbocycles. The SMILES string of the molecule is O=C(O)NC12CC(n3cc(-c4ccc(OC(F)(F)F)c(F)c4)cn3)(C1)C2.O=C(O)O.[H-].[K+]. The molecule has 0 atom stereocenters. The molecule has 0 saturated heterocycles. The van der Waals surface area contributed by atoms with Crippen molar-refractivity contribution in [1.82, 2.24) is 15.1 Å². The van der Waals surface area contributed by atoms with Gasteiger partial charge in [-0.25, -0.2) is 14.0 Å². The number of carbonyl (C=O) groups is 2. The second kappa shape index (κ2) is 8.94. The van der Waals surface area contributed by atoms with E-state index in [4.69, 9.17) is 20.1 Å². The number of rotatable bonds is 4. The van der Waals surface area contributed by atoms with Crippen LogP contribution in [-0.2, 0) is 5.54 Å². The van der Waals surface area contributed by atoms with Gasteiger partial charge in [0, 0.05) is 11.8 Å². The van der Waals surface area contributed by atoms with Gasteiger partial charge in [0.05, 0.1) is 17.3 Å². The summed E-state index contributed by atoms with van der Waals surface area (Å²) in [6.07, 6.45) is -2.80. The van der Waals surface area contributed by atoms with Gasteiger partial charge in [-0.1, -0.05) is 6.07 Å². The molecule has 1 amide bonds. The van der Waals surface area contributed by atoms with Gasteiger partial charge in [-0.2, -0.15) is 5.10 Å². The zero-order valence-electron chi connectivity index (χ0n) is 17.0. The third-order valence-corrected chi connectivity index (χ3v) is 4.93. The molecule has 14 heteroatoms. The monoisotopic (exact) mass is 473 g/mol. The van der Waals surface area contributed by atoms with E-state index in [0.29, 0.717) is 30.4 Å². The van der Waals surface area contributed by atoms with Gasteiger partial charge in [-0.15, -0.1) is 13.2 Å². The zero-order valence-corrected chi connectivity index (χ0v) is 19.1. The summed E-state index contributed by atoms with van der Waals surface area (Å²) < 4.78 is 55.8. The first-order chi connectivity index (χ1) is 13.8. The fourth-order valence-corrected chi connectivity index (χ4v) is 3.96. The molecule has 1 aromatic carbocycles. The Morgan fingerprint density at radius 1 is 1.16 bits per heavy atom. The summed E-state index contributed by atoms with van der Waals surface area (Å²) in [5, 5.41) is 29.5. The topological polar surface area (TPSA) is 134 Å². The number of aromatic nitrogens is 2. The number of nitrogens with one attached hydrogen (secondary N) is 1. The molecule has 4 N–H and O–H groups in total. The Bertz CT molecular complexity index is 979. The van der Waals surface area contributed by atoms with Gasteiger partial charge in [0.25, 0.3) is 0 Å². The van der Waals surface area contributed by atoms with Crippen molar-refractivity contribution in [3.8, 4) is 16.9 Å². The van der Waals surface area contributed by atoms with Crippen LogP contribution >= 0.6 is 0 Å². The zero-order chi connectivity index (χ0) is 22.3. The summed E-state index contributed by atoms with van der Waals surface area (Å²) in [7, 11) is 0. The number of nitrogens with zero attached hydrogens (tertiary/aromatic N) is 2. The standard InChI is InChI=1S/C16H13F4N3O3.CH2O3.K.H/c17-11-3-9(1-2-12(11)26-16(18,19)20)10-4-21-23(5-10)15-6-14(7-15,8-15)22-13(24)25;2-1(3)4;;/h1-5,22H,6-8H2,(H,24,25);(H2,2,3,4);;/q;;+1;-1. The van der Waals surface area contributed by atoms with Crippen LogP contribution < -0.4 is 61.4 Å². The maximum atomic E-state index is 13.8. The van der Waals surface area contributed by atoms with Gasteiger partial charge in [-0.05, 0) is 37.0 Å². The van der Waals surface area contributed by atoms with Crippen molar-refractivity contribution < 1.29 is 100 Å². The number of halogens is 4. The van der Waals surface area contributed by atoms with Gasteiger partial charge >= 0.3 is 70.0 Å². The Morgan fingerprint density at radius 3 is 2.23 bits per heavy atom. The molecule has 3 fully saturated rings. The van der Waals surface area contributed by atoms with Gasteiger partial charge < -0.3 is 26.8 Å². The maximum absolute atomic E-state index is 13.8. The molecular weight excluding hydrogens is 457 g/mol. The molecule has 1 aromatic heterocycles. The average molecular weight is 473 g/mol. The van der Waals surface area contributed by atoms with Crippen LogP contribution in [0.4, 0.5) is 27.2 Å². The fraction of sp³-hybridized carbons (Fsp3) is 0.353. The predicted octanol–water partition coefficient (Wildman–Crippen LogP) is 0.826. The van der Waals surface area contributed by atoms with Gasteiger partial charge in [0.15, 0.2) is 11.6 Å². The first kappa shape index (κ1) is 25.4. The quantitative estimate of drug-likeness (QED) is 0.382. The van der Waals surface area contributed by atoms with Crippen LogP contribution in [0.1, 0.15) is 20.7 Å². The molecule has 0 unspecified atom stereocenters. The number of alkyl halides is 3. The van der Waals surface area contributed by atoms with Gasteiger partial charge in [0.1, 0.15) is 0 Å². The van der Waals surface area contributed by atoms with Crippen molar-refractivity contribution in [1.29, 1.82) is 0 Å². The van der Waals surface area contributed by atoms with Crippen LogP contribution in [0.3, 0.4) is 0 Å². The first-order valence-corrected chi connectivity index (χ1v) is 8.37. The van der Waals surface area contributed by atoms with Crippen LogP contribution in [0.25, 0.3) is 11.1 Å². The molecule has 3 aliphatic rings. The fourth-order valence-electron chi connectivity index (χ4n) is 3.96. The molecule has 5 rings (SSSR count). The molecule has 0 aliphatic heterocycles. The van der Waals surface area contributed by atoms with Crippen molar-refractivity contribution in [2.24, 2.45) is 0 Å². The molecule has 164 valence electrons. The summed E-state index contributed by atoms with van der Waals surface area (Å²) in [5.41, 5.74) is 0.278. The van der Waals surface area contributed by atoms with E-state index in [1.807, 2.05) is 0 Å². The van der Waals surface area contributed by atoms with E-state index >= 15 is 0 Å². The van der Waals surface area contributed by atoms with Crippen molar-refractivity contribution in [2.75, 3.05) is 0 Å². The van der Waals surface area contributed by atoms with E-state index < -0.39 is 30.2 Å². The first-order valence-electron chi connectivity index (χ1n) is 8.37. The second-order valence-corrected chi connectivity index (χ2v) is 7.11. The number of benzene rings is 1. The number of amides is 1. The minimum absolute atomic E-state index is 0. The average Bonchev–Trinajstić information content (AvgIpc) is 2.99. The predicted molar refractivity (Wildman–Crippen MR) is 91.8 cm³/mol. The summed E-state index contributed by atoms with van der Waals surface area (Å²) >= 11 is 0. The minimum atomic E-state index is -4.96. The number of ether oxygens (including phenoxy) is 1. The normalized spacial score (nSPS) is 23.1. The van der Waals surface area contributed by atoms with Crippen LogP contribution in [0.2, 0.25) is 0 Å². The Balaban J connectivity index is 0.000000790. The third-order valence-electron chi connectivity index (χ3n) is 4.93. The molecule has 9 nitrogen and oxygen atoms in total.